The maximum atomic E-state index is 14.7. The van der Waals surface area contributed by atoms with Crippen LogP contribution in [0.4, 0.5) is 0 Å². The molecule has 21 heteroatoms. The number of carboxylic acid groups (broad SMARTS) is 1. The summed E-state index contributed by atoms with van der Waals surface area (Å²) in [5.74, 6) is -9.20. The molecule has 8 atom stereocenters. The molecule has 384 valence electrons. The van der Waals surface area contributed by atoms with E-state index in [1.165, 1.54) is 0 Å². The Bertz CT molecular complexity index is 2740. The van der Waals surface area contributed by atoms with E-state index in [0.717, 1.165) is 10.9 Å². The largest absolute Gasteiger partial charge is 0.480 e. The molecule has 0 saturated carbocycles. The number of primary amides is 2. The van der Waals surface area contributed by atoms with Crippen molar-refractivity contribution in [3.63, 3.8) is 0 Å². The van der Waals surface area contributed by atoms with Gasteiger partial charge in [-0.05, 0) is 47.1 Å². The van der Waals surface area contributed by atoms with Crippen LogP contribution in [0.5, 0.6) is 0 Å². The van der Waals surface area contributed by atoms with Gasteiger partial charge in [0.15, 0.2) is 0 Å². The van der Waals surface area contributed by atoms with Crippen LogP contribution in [-0.2, 0) is 62.4 Å². The molecular weight excluding hydrogens is 927 g/mol. The highest BCUT2D eigenvalue weighted by Crippen LogP contribution is 2.21. The van der Waals surface area contributed by atoms with Gasteiger partial charge in [0.2, 0.25) is 47.3 Å². The lowest BCUT2D eigenvalue weighted by atomic mass is 9.98. The summed E-state index contributed by atoms with van der Waals surface area (Å²) in [5.41, 5.74) is 20.6. The number of hydrogen-bond donors (Lipinski definition) is 12. The summed E-state index contributed by atoms with van der Waals surface area (Å²) in [6.07, 6.45) is 2.11. The number of para-hydroxylation sites is 2. The summed E-state index contributed by atoms with van der Waals surface area (Å²) >= 11 is 0. The zero-order chi connectivity index (χ0) is 52.6. The van der Waals surface area contributed by atoms with E-state index < -0.39 is 114 Å². The Morgan fingerprint density at radius 1 is 0.528 bits per heavy atom. The Morgan fingerprint density at radius 2 is 0.917 bits per heavy atom. The highest BCUT2D eigenvalue weighted by atomic mass is 16.4. The molecule has 0 spiro atoms. The molecule has 21 nitrogen and oxygen atoms in total. The molecule has 0 aliphatic carbocycles. The van der Waals surface area contributed by atoms with Gasteiger partial charge in [-0.3, -0.25) is 38.4 Å². The van der Waals surface area contributed by atoms with Gasteiger partial charge in [0.1, 0.15) is 36.3 Å². The van der Waals surface area contributed by atoms with Crippen LogP contribution in [0.1, 0.15) is 70.1 Å². The monoisotopic (exact) mass is 991 g/mol. The van der Waals surface area contributed by atoms with E-state index in [2.05, 4.69) is 41.9 Å². The summed E-state index contributed by atoms with van der Waals surface area (Å²) in [6.45, 7) is 7.11. The molecule has 72 heavy (non-hydrogen) atoms. The summed E-state index contributed by atoms with van der Waals surface area (Å²) < 4.78 is 0. The van der Waals surface area contributed by atoms with Crippen molar-refractivity contribution in [1.29, 1.82) is 0 Å². The van der Waals surface area contributed by atoms with Gasteiger partial charge >= 0.3 is 5.97 Å². The first-order chi connectivity index (χ1) is 34.2. The Labute approximate surface area is 415 Å². The highest BCUT2D eigenvalue weighted by molar-refractivity contribution is 5.99. The first-order valence-corrected chi connectivity index (χ1v) is 23.8. The third kappa shape index (κ3) is 15.5. The fourth-order valence-corrected chi connectivity index (χ4v) is 8.26. The van der Waals surface area contributed by atoms with Crippen LogP contribution >= 0.6 is 0 Å². The smallest absolute Gasteiger partial charge is 0.326 e. The van der Waals surface area contributed by atoms with E-state index in [0.29, 0.717) is 40.4 Å². The molecule has 2 aromatic heterocycles. The molecular formula is C51H65N11O10. The fraction of sp³-hybridized carbons (Fsp3) is 0.392. The summed E-state index contributed by atoms with van der Waals surface area (Å²) in [7, 11) is 0. The number of carboxylic acids is 1. The second-order valence-electron chi connectivity index (χ2n) is 18.4. The second-order valence-corrected chi connectivity index (χ2v) is 18.4. The predicted molar refractivity (Wildman–Crippen MR) is 268 cm³/mol. The van der Waals surface area contributed by atoms with Crippen LogP contribution in [0.2, 0.25) is 0 Å². The number of nitrogens with one attached hydrogen (secondary N) is 8. The zero-order valence-electron chi connectivity index (χ0n) is 40.7. The minimum atomic E-state index is -1.69. The van der Waals surface area contributed by atoms with Crippen molar-refractivity contribution >= 4 is 75.0 Å². The van der Waals surface area contributed by atoms with Gasteiger partial charge in [-0.2, -0.15) is 0 Å². The number of hydrogen-bond acceptors (Lipinski definition) is 10. The number of fused-ring (bicyclic) bond motifs is 2. The second kappa shape index (κ2) is 25.7. The predicted octanol–water partition coefficient (Wildman–Crippen LogP) is 0.841. The molecule has 8 amide bonds. The van der Waals surface area contributed by atoms with E-state index >= 15 is 0 Å². The summed E-state index contributed by atoms with van der Waals surface area (Å²) in [4.78, 5) is 128. The van der Waals surface area contributed by atoms with Gasteiger partial charge in [-0.1, -0.05) is 101 Å². The molecule has 15 N–H and O–H groups in total. The van der Waals surface area contributed by atoms with Crippen LogP contribution in [0.25, 0.3) is 21.8 Å². The number of benzene rings is 3. The average molecular weight is 992 g/mol. The minimum absolute atomic E-state index is 0.0471. The van der Waals surface area contributed by atoms with Crippen molar-refractivity contribution in [3.8, 4) is 0 Å². The number of carbonyl (C=O) groups is 9. The van der Waals surface area contributed by atoms with Crippen molar-refractivity contribution < 1.29 is 48.3 Å². The molecule has 2 heterocycles. The lowest BCUT2D eigenvalue weighted by Gasteiger charge is -2.28. The van der Waals surface area contributed by atoms with Crippen LogP contribution < -0.4 is 49.1 Å². The van der Waals surface area contributed by atoms with Gasteiger partial charge < -0.3 is 64.2 Å². The number of H-pyrrole nitrogens is 2. The zero-order valence-corrected chi connectivity index (χ0v) is 40.7. The van der Waals surface area contributed by atoms with Crippen LogP contribution in [0.3, 0.4) is 0 Å². The van der Waals surface area contributed by atoms with Crippen molar-refractivity contribution in [3.05, 3.63) is 108 Å². The first kappa shape index (κ1) is 54.9. The van der Waals surface area contributed by atoms with Crippen molar-refractivity contribution in [2.45, 2.75) is 115 Å². The van der Waals surface area contributed by atoms with Gasteiger partial charge in [0, 0.05) is 53.5 Å². The Balaban J connectivity index is 1.47. The van der Waals surface area contributed by atoms with E-state index in [9.17, 15) is 48.3 Å². The van der Waals surface area contributed by atoms with Gasteiger partial charge in [-0.25, -0.2) is 4.79 Å². The first-order valence-electron chi connectivity index (χ1n) is 23.8. The molecule has 8 unspecified atom stereocenters. The summed E-state index contributed by atoms with van der Waals surface area (Å²) in [5, 5.41) is 26.8. The van der Waals surface area contributed by atoms with Gasteiger partial charge in [0.25, 0.3) is 0 Å². The number of amides is 8. The number of nitrogens with two attached hydrogens (primary N) is 3. The standard InChI is InChI=1S/C51H65N11O10/c1-5-28(4)44(51(71)72)62-50(70)41(24-43(54)64)61-46(66)37(20-29-13-7-6-8-14-29)58-48(68)39(22-31-26-56-36-18-12-10-16-33(31)36)59-49(69)40(23-42(53)63)60-47(67)38(57-45(65)34(52)19-27(2)3)21-30-25-55-35-17-11-9-15-32(30)35/h6-18,25-28,34,37-41,44,55-56H,5,19-24,52H2,1-4H3,(H2,53,63)(H2,54,64)(H,57,65)(H,58,68)(H,59,69)(H,60,67)(H,61,66)(H,62,70)(H,71,72). The Hall–Kier alpha value is -8.07. The number of aromatic amines is 2. The normalized spacial score (nSPS) is 14.6. The molecule has 5 aromatic rings. The van der Waals surface area contributed by atoms with Gasteiger partial charge in [-0.15, -0.1) is 0 Å². The topological polar surface area (TPSA) is 356 Å². The number of aromatic nitrogens is 2. The maximum Gasteiger partial charge on any atom is 0.326 e. The van der Waals surface area contributed by atoms with E-state index in [1.807, 2.05) is 38.1 Å². The fourth-order valence-electron chi connectivity index (χ4n) is 8.26. The Kier molecular flexibility index (Phi) is 19.6. The number of rotatable bonds is 27. The third-order valence-electron chi connectivity index (χ3n) is 12.3. The SMILES string of the molecule is CCC(C)C(NC(=O)C(CC(N)=O)NC(=O)C(Cc1ccccc1)NC(=O)C(Cc1c[nH]c2ccccc12)NC(=O)C(CC(N)=O)NC(=O)C(Cc1c[nH]c2ccccc12)NC(=O)C(N)CC(C)C)C(=O)O. The van der Waals surface area contributed by atoms with Crippen LogP contribution in [0, 0.1) is 11.8 Å². The molecule has 0 aliphatic heterocycles. The lowest BCUT2D eigenvalue weighted by Crippen LogP contribution is -2.61. The lowest BCUT2D eigenvalue weighted by molar-refractivity contribution is -0.144. The molecule has 0 aliphatic rings. The minimum Gasteiger partial charge on any atom is -0.480 e. The quantitative estimate of drug-likeness (QED) is 0.0350. The maximum absolute atomic E-state index is 14.7. The number of carbonyl (C=O) groups excluding carboxylic acids is 8. The highest BCUT2D eigenvalue weighted by Gasteiger charge is 2.36. The van der Waals surface area contributed by atoms with Crippen LogP contribution in [0.15, 0.2) is 91.3 Å². The van der Waals surface area contributed by atoms with E-state index in [-0.39, 0.29) is 25.2 Å². The van der Waals surface area contributed by atoms with E-state index in [1.54, 1.807) is 80.8 Å². The molecule has 0 saturated heterocycles. The van der Waals surface area contributed by atoms with E-state index in [4.69, 9.17) is 17.2 Å². The Morgan fingerprint density at radius 3 is 1.35 bits per heavy atom. The molecule has 0 bridgehead atoms. The molecule has 3 aromatic carbocycles. The number of aliphatic carboxylic acids is 1. The summed E-state index contributed by atoms with van der Waals surface area (Å²) in [6, 6.07) is 12.9. The molecule has 0 fully saturated rings. The molecule has 5 rings (SSSR count). The average Bonchev–Trinajstić information content (AvgIpc) is 3.95. The molecule has 0 radical (unpaired) electrons. The van der Waals surface area contributed by atoms with Crippen molar-refractivity contribution in [2.24, 2.45) is 29.0 Å². The third-order valence-corrected chi connectivity index (χ3v) is 12.3. The van der Waals surface area contributed by atoms with Crippen molar-refractivity contribution in [1.82, 2.24) is 41.9 Å². The van der Waals surface area contributed by atoms with Gasteiger partial charge in [0.05, 0.1) is 18.9 Å². The van der Waals surface area contributed by atoms with Crippen LogP contribution in [-0.4, -0.2) is 111 Å². The van der Waals surface area contributed by atoms with Crippen molar-refractivity contribution in [2.75, 3.05) is 0 Å².